The van der Waals surface area contributed by atoms with Crippen molar-refractivity contribution in [2.75, 3.05) is 13.7 Å². The van der Waals surface area contributed by atoms with Crippen molar-refractivity contribution in [1.82, 2.24) is 0 Å². The molecule has 4 heteroatoms. The van der Waals surface area contributed by atoms with Gasteiger partial charge in [-0.1, -0.05) is 0 Å². The van der Waals surface area contributed by atoms with E-state index in [2.05, 4.69) is 0 Å². The Balaban J connectivity index is 2.13. The van der Waals surface area contributed by atoms with E-state index in [9.17, 15) is 4.79 Å². The van der Waals surface area contributed by atoms with E-state index >= 15 is 0 Å². The third kappa shape index (κ3) is 2.97. The highest BCUT2D eigenvalue weighted by Crippen LogP contribution is 2.30. The van der Waals surface area contributed by atoms with Gasteiger partial charge in [-0.2, -0.15) is 0 Å². The first kappa shape index (κ1) is 11.9. The lowest BCUT2D eigenvalue weighted by Gasteiger charge is -2.24. The van der Waals surface area contributed by atoms with Gasteiger partial charge >= 0.3 is 0 Å². The highest BCUT2D eigenvalue weighted by molar-refractivity contribution is 5.76. The van der Waals surface area contributed by atoms with E-state index in [1.54, 1.807) is 25.3 Å². The van der Waals surface area contributed by atoms with Gasteiger partial charge in [0, 0.05) is 12.0 Å². The van der Waals surface area contributed by atoms with Crippen molar-refractivity contribution in [1.29, 1.82) is 0 Å². The molecule has 0 N–H and O–H groups in total. The van der Waals surface area contributed by atoms with Gasteiger partial charge in [0.15, 0.2) is 17.8 Å². The van der Waals surface area contributed by atoms with Crippen LogP contribution < -0.4 is 9.47 Å². The molecule has 0 aromatic heterocycles. The quantitative estimate of drug-likeness (QED) is 0.753. The van der Waals surface area contributed by atoms with Crippen LogP contribution in [0.1, 0.15) is 29.6 Å². The van der Waals surface area contributed by atoms with Crippen molar-refractivity contribution in [3.8, 4) is 11.5 Å². The van der Waals surface area contributed by atoms with Crippen molar-refractivity contribution in [2.45, 2.75) is 25.6 Å². The second-order valence-corrected chi connectivity index (χ2v) is 3.94. The van der Waals surface area contributed by atoms with Crippen LogP contribution in [0.2, 0.25) is 0 Å². The van der Waals surface area contributed by atoms with Crippen molar-refractivity contribution in [2.24, 2.45) is 0 Å². The Bertz CT molecular complexity index is 383. The van der Waals surface area contributed by atoms with Crippen LogP contribution >= 0.6 is 0 Å². The van der Waals surface area contributed by atoms with Crippen LogP contribution in [-0.2, 0) is 4.74 Å². The number of ether oxygens (including phenoxy) is 3. The zero-order valence-electron chi connectivity index (χ0n) is 9.85. The molecule has 1 fully saturated rings. The van der Waals surface area contributed by atoms with Crippen molar-refractivity contribution in [3.05, 3.63) is 23.8 Å². The van der Waals surface area contributed by atoms with E-state index in [4.69, 9.17) is 14.2 Å². The van der Waals surface area contributed by atoms with E-state index in [0.717, 1.165) is 32.2 Å². The fraction of sp³-hybridized carbons (Fsp3) is 0.462. The molecule has 0 aliphatic carbocycles. The van der Waals surface area contributed by atoms with Crippen LogP contribution in [0, 0.1) is 0 Å². The van der Waals surface area contributed by atoms with E-state index < -0.39 is 0 Å². The standard InChI is InChI=1S/C13H16O4/c1-15-11-6-5-10(9-14)8-12(11)17-13-4-2-3-7-16-13/h5-6,8-9,13H,2-4,7H2,1H3/t13-/m1/s1. The Morgan fingerprint density at radius 3 is 2.88 bits per heavy atom. The van der Waals surface area contributed by atoms with E-state index in [-0.39, 0.29) is 6.29 Å². The maximum absolute atomic E-state index is 10.7. The van der Waals surface area contributed by atoms with Gasteiger partial charge in [0.1, 0.15) is 6.29 Å². The average Bonchev–Trinajstić information content (AvgIpc) is 2.40. The summed E-state index contributed by atoms with van der Waals surface area (Å²) in [6.07, 6.45) is 3.59. The minimum atomic E-state index is -0.237. The highest BCUT2D eigenvalue weighted by atomic mass is 16.7. The molecule has 0 radical (unpaired) electrons. The molecule has 1 heterocycles. The molecule has 1 saturated heterocycles. The number of benzene rings is 1. The summed E-state index contributed by atoms with van der Waals surface area (Å²) in [6, 6.07) is 5.09. The van der Waals surface area contributed by atoms with Gasteiger partial charge in [0.25, 0.3) is 0 Å². The number of aldehydes is 1. The molecule has 92 valence electrons. The summed E-state index contributed by atoms with van der Waals surface area (Å²) >= 11 is 0. The summed E-state index contributed by atoms with van der Waals surface area (Å²) in [4.78, 5) is 10.7. The predicted molar refractivity (Wildman–Crippen MR) is 62.6 cm³/mol. The molecule has 2 rings (SSSR count). The summed E-state index contributed by atoms with van der Waals surface area (Å²) in [5, 5.41) is 0. The molecule has 17 heavy (non-hydrogen) atoms. The third-order valence-corrected chi connectivity index (χ3v) is 2.72. The minimum Gasteiger partial charge on any atom is -0.493 e. The fourth-order valence-electron chi connectivity index (χ4n) is 1.80. The minimum absolute atomic E-state index is 0.237. The molecule has 1 aromatic rings. The number of rotatable bonds is 4. The first-order chi connectivity index (χ1) is 8.33. The number of carbonyl (C=O) groups excluding carboxylic acids is 1. The van der Waals surface area contributed by atoms with Crippen molar-refractivity contribution >= 4 is 6.29 Å². The summed E-state index contributed by atoms with van der Waals surface area (Å²) in [7, 11) is 1.57. The van der Waals surface area contributed by atoms with E-state index in [1.165, 1.54) is 0 Å². The van der Waals surface area contributed by atoms with Gasteiger partial charge in [-0.15, -0.1) is 0 Å². The SMILES string of the molecule is COc1ccc(C=O)cc1O[C@@H]1CCCCO1. The second-order valence-electron chi connectivity index (χ2n) is 3.94. The van der Waals surface area contributed by atoms with Gasteiger partial charge in [-0.05, 0) is 31.0 Å². The number of hydrogen-bond acceptors (Lipinski definition) is 4. The highest BCUT2D eigenvalue weighted by Gasteiger charge is 2.17. The molecule has 0 saturated carbocycles. The number of methoxy groups -OCH3 is 1. The van der Waals surface area contributed by atoms with Gasteiger partial charge in [-0.25, -0.2) is 0 Å². The first-order valence-corrected chi connectivity index (χ1v) is 5.75. The molecule has 4 nitrogen and oxygen atoms in total. The van der Waals surface area contributed by atoms with Crippen LogP contribution in [0.15, 0.2) is 18.2 Å². The Hall–Kier alpha value is -1.55. The monoisotopic (exact) mass is 236 g/mol. The molecule has 0 bridgehead atoms. The normalized spacial score (nSPS) is 19.7. The summed E-state index contributed by atoms with van der Waals surface area (Å²) in [5.41, 5.74) is 0.566. The lowest BCUT2D eigenvalue weighted by Crippen LogP contribution is -2.25. The predicted octanol–water partition coefficient (Wildman–Crippen LogP) is 2.41. The zero-order valence-corrected chi connectivity index (χ0v) is 9.85. The first-order valence-electron chi connectivity index (χ1n) is 5.75. The lowest BCUT2D eigenvalue weighted by atomic mass is 10.2. The second kappa shape index (κ2) is 5.68. The van der Waals surface area contributed by atoms with Crippen LogP contribution in [-0.4, -0.2) is 26.3 Å². The molecular formula is C13H16O4. The molecule has 1 aromatic carbocycles. The van der Waals surface area contributed by atoms with Gasteiger partial charge in [0.05, 0.1) is 13.7 Å². The van der Waals surface area contributed by atoms with Crippen molar-refractivity contribution in [3.63, 3.8) is 0 Å². The molecule has 0 unspecified atom stereocenters. The molecule has 0 spiro atoms. The zero-order chi connectivity index (χ0) is 12.1. The molecule has 1 aliphatic heterocycles. The maximum atomic E-state index is 10.7. The summed E-state index contributed by atoms with van der Waals surface area (Å²) in [5.74, 6) is 1.17. The van der Waals surface area contributed by atoms with Gasteiger partial charge in [-0.3, -0.25) is 4.79 Å². The van der Waals surface area contributed by atoms with E-state index in [1.807, 2.05) is 0 Å². The summed E-state index contributed by atoms with van der Waals surface area (Å²) < 4.78 is 16.4. The average molecular weight is 236 g/mol. The van der Waals surface area contributed by atoms with Gasteiger partial charge in [0.2, 0.25) is 0 Å². The smallest absolute Gasteiger partial charge is 0.200 e. The van der Waals surface area contributed by atoms with E-state index in [0.29, 0.717) is 17.1 Å². The molecule has 1 atom stereocenters. The molecule has 1 aliphatic rings. The van der Waals surface area contributed by atoms with Crippen LogP contribution in [0.4, 0.5) is 0 Å². The topological polar surface area (TPSA) is 44.8 Å². The largest absolute Gasteiger partial charge is 0.493 e. The number of hydrogen-bond donors (Lipinski definition) is 0. The lowest BCUT2D eigenvalue weighted by molar-refractivity contribution is -0.106. The third-order valence-electron chi connectivity index (χ3n) is 2.72. The number of carbonyl (C=O) groups is 1. The Morgan fingerprint density at radius 1 is 1.35 bits per heavy atom. The Labute approximate surface area is 100 Å². The van der Waals surface area contributed by atoms with Crippen molar-refractivity contribution < 1.29 is 19.0 Å². The van der Waals surface area contributed by atoms with Crippen LogP contribution in [0.3, 0.4) is 0 Å². The molecular weight excluding hydrogens is 220 g/mol. The fourth-order valence-corrected chi connectivity index (χ4v) is 1.80. The maximum Gasteiger partial charge on any atom is 0.200 e. The van der Waals surface area contributed by atoms with Crippen LogP contribution in [0.25, 0.3) is 0 Å². The van der Waals surface area contributed by atoms with Crippen LogP contribution in [0.5, 0.6) is 11.5 Å². The Kier molecular flexibility index (Phi) is 3.98. The van der Waals surface area contributed by atoms with Gasteiger partial charge < -0.3 is 14.2 Å². The summed E-state index contributed by atoms with van der Waals surface area (Å²) in [6.45, 7) is 0.723. The molecule has 0 amide bonds. The Morgan fingerprint density at radius 2 is 2.24 bits per heavy atom.